The van der Waals surface area contributed by atoms with Gasteiger partial charge in [-0.15, -0.1) is 0 Å². The number of halogens is 3. The molecule has 0 saturated carbocycles. The molecule has 0 fully saturated rings. The molecule has 20 heavy (non-hydrogen) atoms. The highest BCUT2D eigenvalue weighted by atomic mass is 19.2. The standard InChI is InChI=1S/C14H12F3NO2/c1-7(12-10(19)3-2-4-11(12)20)18-9-6-5-8(15)13(16)14(9)17/h2-7,18-20H,1H3. The molecule has 6 heteroatoms. The lowest BCUT2D eigenvalue weighted by Gasteiger charge is -2.18. The summed E-state index contributed by atoms with van der Waals surface area (Å²) in [6.07, 6.45) is 0. The van der Waals surface area contributed by atoms with Crippen molar-refractivity contribution in [1.82, 2.24) is 0 Å². The van der Waals surface area contributed by atoms with Crippen LogP contribution in [0, 0.1) is 17.5 Å². The van der Waals surface area contributed by atoms with Crippen molar-refractivity contribution in [2.45, 2.75) is 13.0 Å². The number of benzene rings is 2. The van der Waals surface area contributed by atoms with Gasteiger partial charge in [0.05, 0.1) is 17.3 Å². The lowest BCUT2D eigenvalue weighted by molar-refractivity contribution is 0.432. The Balaban J connectivity index is 2.33. The average molecular weight is 283 g/mol. The van der Waals surface area contributed by atoms with Crippen LogP contribution in [0.15, 0.2) is 30.3 Å². The van der Waals surface area contributed by atoms with Crippen LogP contribution in [0.5, 0.6) is 11.5 Å². The Bertz CT molecular complexity index is 626. The number of phenolic OH excluding ortho intramolecular Hbond substituents is 2. The molecular weight excluding hydrogens is 271 g/mol. The van der Waals surface area contributed by atoms with Gasteiger partial charge in [0.25, 0.3) is 0 Å². The van der Waals surface area contributed by atoms with Gasteiger partial charge in [0.1, 0.15) is 11.5 Å². The van der Waals surface area contributed by atoms with Gasteiger partial charge in [0.2, 0.25) is 0 Å². The molecule has 106 valence electrons. The lowest BCUT2D eigenvalue weighted by Crippen LogP contribution is -2.09. The fourth-order valence-electron chi connectivity index (χ4n) is 1.93. The summed E-state index contributed by atoms with van der Waals surface area (Å²) in [6, 6.07) is 5.28. The van der Waals surface area contributed by atoms with Crippen LogP contribution in [-0.2, 0) is 0 Å². The monoisotopic (exact) mass is 283 g/mol. The number of nitrogens with one attached hydrogen (secondary N) is 1. The van der Waals surface area contributed by atoms with E-state index in [9.17, 15) is 23.4 Å². The number of anilines is 1. The van der Waals surface area contributed by atoms with E-state index < -0.39 is 23.5 Å². The normalized spacial score (nSPS) is 12.2. The van der Waals surface area contributed by atoms with Gasteiger partial charge in [-0.05, 0) is 31.2 Å². The molecule has 0 saturated heterocycles. The Labute approximate surface area is 113 Å². The first kappa shape index (κ1) is 14.0. The van der Waals surface area contributed by atoms with Crippen molar-refractivity contribution in [3.05, 3.63) is 53.3 Å². The highest BCUT2D eigenvalue weighted by molar-refractivity contribution is 5.52. The Hall–Kier alpha value is -2.37. The van der Waals surface area contributed by atoms with Crippen LogP contribution in [0.4, 0.5) is 18.9 Å². The molecule has 0 aliphatic rings. The first-order valence-electron chi connectivity index (χ1n) is 5.82. The number of aromatic hydroxyl groups is 2. The van der Waals surface area contributed by atoms with Crippen molar-refractivity contribution in [2.75, 3.05) is 5.32 Å². The third kappa shape index (κ3) is 2.49. The fourth-order valence-corrected chi connectivity index (χ4v) is 1.93. The zero-order chi connectivity index (χ0) is 14.9. The maximum atomic E-state index is 13.5. The van der Waals surface area contributed by atoms with E-state index in [2.05, 4.69) is 5.32 Å². The van der Waals surface area contributed by atoms with Crippen LogP contribution in [-0.4, -0.2) is 10.2 Å². The van der Waals surface area contributed by atoms with E-state index >= 15 is 0 Å². The molecule has 0 aliphatic carbocycles. The summed E-state index contributed by atoms with van der Waals surface area (Å²) in [5.74, 6) is -4.59. The Morgan fingerprint density at radius 2 is 1.55 bits per heavy atom. The molecule has 0 aliphatic heterocycles. The summed E-state index contributed by atoms with van der Waals surface area (Å²) >= 11 is 0. The predicted octanol–water partition coefficient (Wildman–Crippen LogP) is 3.69. The van der Waals surface area contributed by atoms with E-state index in [1.807, 2.05) is 0 Å². The summed E-state index contributed by atoms with van der Waals surface area (Å²) < 4.78 is 39.5. The van der Waals surface area contributed by atoms with Crippen LogP contribution in [0.3, 0.4) is 0 Å². The smallest absolute Gasteiger partial charge is 0.196 e. The van der Waals surface area contributed by atoms with Gasteiger partial charge in [-0.2, -0.15) is 0 Å². The zero-order valence-electron chi connectivity index (χ0n) is 10.5. The van der Waals surface area contributed by atoms with E-state index in [-0.39, 0.29) is 22.7 Å². The van der Waals surface area contributed by atoms with Gasteiger partial charge in [-0.25, -0.2) is 13.2 Å². The summed E-state index contributed by atoms with van der Waals surface area (Å²) in [5.41, 5.74) is -0.129. The minimum atomic E-state index is -1.58. The Morgan fingerprint density at radius 3 is 2.15 bits per heavy atom. The second kappa shape index (κ2) is 5.32. The minimum Gasteiger partial charge on any atom is -0.507 e. The van der Waals surface area contributed by atoms with E-state index in [1.54, 1.807) is 0 Å². The maximum absolute atomic E-state index is 13.5. The number of hydrogen-bond acceptors (Lipinski definition) is 3. The van der Waals surface area contributed by atoms with Gasteiger partial charge in [-0.3, -0.25) is 0 Å². The molecule has 0 radical (unpaired) electrons. The van der Waals surface area contributed by atoms with E-state index in [0.29, 0.717) is 0 Å². The van der Waals surface area contributed by atoms with Crippen LogP contribution < -0.4 is 5.32 Å². The third-order valence-corrected chi connectivity index (χ3v) is 2.90. The molecule has 0 heterocycles. The van der Waals surface area contributed by atoms with Crippen molar-refractivity contribution < 1.29 is 23.4 Å². The minimum absolute atomic E-state index is 0.136. The molecule has 2 rings (SSSR count). The van der Waals surface area contributed by atoms with Gasteiger partial charge >= 0.3 is 0 Å². The van der Waals surface area contributed by atoms with Gasteiger partial charge in [-0.1, -0.05) is 6.07 Å². The van der Waals surface area contributed by atoms with Gasteiger partial charge < -0.3 is 15.5 Å². The highest BCUT2D eigenvalue weighted by Gasteiger charge is 2.19. The van der Waals surface area contributed by atoms with Crippen LogP contribution in [0.1, 0.15) is 18.5 Å². The van der Waals surface area contributed by atoms with Gasteiger partial charge in [0.15, 0.2) is 17.5 Å². The molecular formula is C14H12F3NO2. The number of hydrogen-bond donors (Lipinski definition) is 3. The first-order valence-corrected chi connectivity index (χ1v) is 5.82. The summed E-state index contributed by atoms with van der Waals surface area (Å²) in [7, 11) is 0. The molecule has 0 amide bonds. The molecule has 1 unspecified atom stereocenters. The van der Waals surface area contributed by atoms with Crippen molar-refractivity contribution in [3.8, 4) is 11.5 Å². The van der Waals surface area contributed by atoms with Gasteiger partial charge in [0, 0.05) is 0 Å². The fraction of sp³-hybridized carbons (Fsp3) is 0.143. The summed E-state index contributed by atoms with van der Waals surface area (Å²) in [5, 5.41) is 21.9. The second-order valence-electron chi connectivity index (χ2n) is 4.30. The summed E-state index contributed by atoms with van der Waals surface area (Å²) in [6.45, 7) is 1.54. The van der Waals surface area contributed by atoms with E-state index in [0.717, 1.165) is 12.1 Å². The topological polar surface area (TPSA) is 52.5 Å². The largest absolute Gasteiger partial charge is 0.507 e. The van der Waals surface area contributed by atoms with Crippen molar-refractivity contribution in [2.24, 2.45) is 0 Å². The Kier molecular flexibility index (Phi) is 3.74. The lowest BCUT2D eigenvalue weighted by atomic mass is 10.1. The second-order valence-corrected chi connectivity index (χ2v) is 4.30. The molecule has 2 aromatic rings. The van der Waals surface area contributed by atoms with Crippen molar-refractivity contribution in [1.29, 1.82) is 0 Å². The maximum Gasteiger partial charge on any atom is 0.196 e. The molecule has 3 N–H and O–H groups in total. The molecule has 0 spiro atoms. The SMILES string of the molecule is CC(Nc1ccc(F)c(F)c1F)c1c(O)cccc1O. The van der Waals surface area contributed by atoms with E-state index in [4.69, 9.17) is 0 Å². The Morgan fingerprint density at radius 1 is 0.950 bits per heavy atom. The highest BCUT2D eigenvalue weighted by Crippen LogP contribution is 2.34. The van der Waals surface area contributed by atoms with Crippen LogP contribution in [0.25, 0.3) is 0 Å². The predicted molar refractivity (Wildman–Crippen MR) is 68.1 cm³/mol. The average Bonchev–Trinajstić information content (AvgIpc) is 2.39. The number of rotatable bonds is 3. The molecule has 1 atom stereocenters. The molecule has 0 bridgehead atoms. The number of phenols is 2. The molecule has 0 aromatic heterocycles. The third-order valence-electron chi connectivity index (χ3n) is 2.90. The molecule has 2 aromatic carbocycles. The molecule has 3 nitrogen and oxygen atoms in total. The first-order chi connectivity index (χ1) is 9.41. The van der Waals surface area contributed by atoms with E-state index in [1.165, 1.54) is 25.1 Å². The van der Waals surface area contributed by atoms with Crippen LogP contribution >= 0.6 is 0 Å². The zero-order valence-corrected chi connectivity index (χ0v) is 10.5. The van der Waals surface area contributed by atoms with Crippen LogP contribution in [0.2, 0.25) is 0 Å². The van der Waals surface area contributed by atoms with Crippen molar-refractivity contribution >= 4 is 5.69 Å². The van der Waals surface area contributed by atoms with Crippen molar-refractivity contribution in [3.63, 3.8) is 0 Å². The quantitative estimate of drug-likeness (QED) is 0.753. The summed E-state index contributed by atoms with van der Waals surface area (Å²) in [4.78, 5) is 0.